The van der Waals surface area contributed by atoms with Crippen LogP contribution >= 0.6 is 0 Å². The van der Waals surface area contributed by atoms with E-state index in [0.717, 1.165) is 22.4 Å². The molecule has 36 heavy (non-hydrogen) atoms. The molecule has 3 saturated heterocycles. The van der Waals surface area contributed by atoms with Crippen molar-refractivity contribution in [3.63, 3.8) is 0 Å². The average Bonchev–Trinajstić information content (AvgIpc) is 3.46. The predicted octanol–water partition coefficient (Wildman–Crippen LogP) is 3.10. The van der Waals surface area contributed by atoms with Gasteiger partial charge in [-0.25, -0.2) is 4.98 Å². The molecule has 0 spiro atoms. The third kappa shape index (κ3) is 4.31. The summed E-state index contributed by atoms with van der Waals surface area (Å²) in [5.74, 6) is -1.27. The Bertz CT molecular complexity index is 1270. The van der Waals surface area contributed by atoms with Crippen LogP contribution in [-0.4, -0.2) is 57.7 Å². The molecule has 1 aromatic heterocycles. The number of benzene rings is 2. The van der Waals surface area contributed by atoms with Crippen LogP contribution in [0.25, 0.3) is 11.0 Å². The van der Waals surface area contributed by atoms with Crippen molar-refractivity contribution in [2.24, 2.45) is 0 Å². The molecule has 9 heteroatoms. The number of nitrogens with one attached hydrogen (secondary N) is 1. The Labute approximate surface area is 209 Å². The summed E-state index contributed by atoms with van der Waals surface area (Å²) in [6.45, 7) is 8.16. The Balaban J connectivity index is 1.23. The fraction of sp³-hybridized carbons (Fsp3) is 0.481. The number of carbonyl (C=O) groups is 1. The van der Waals surface area contributed by atoms with E-state index in [1.54, 1.807) is 0 Å². The minimum absolute atomic E-state index is 0.235. The van der Waals surface area contributed by atoms with Gasteiger partial charge in [-0.15, -0.1) is 0 Å². The summed E-state index contributed by atoms with van der Waals surface area (Å²) in [6.07, 6.45) is -3.23. The standard InChI is InChI=1S/C27H31N3O6/c1-26(2)33-20-21(34-26)23-25(36-27(3,4)35-23)32-22(20)24(31)28-14-19-29-17-12-8-9-13-18(17)30(19)15-16-10-6-5-7-11-16/h5-13,20-23,25H,14-15H2,1-4H3,(H,28,31)/t20-,21+,22+,23-,25?/m1/s1. The molecule has 6 rings (SSSR count). The first-order valence-electron chi connectivity index (χ1n) is 12.3. The van der Waals surface area contributed by atoms with Crippen LogP contribution in [0.3, 0.4) is 0 Å². The number of hydrogen-bond donors (Lipinski definition) is 1. The molecular weight excluding hydrogens is 462 g/mol. The molecule has 0 saturated carbocycles. The molecule has 0 radical (unpaired) electrons. The lowest BCUT2D eigenvalue weighted by atomic mass is 9.98. The number of nitrogens with zero attached hydrogens (tertiary/aromatic N) is 2. The van der Waals surface area contributed by atoms with Gasteiger partial charge in [-0.3, -0.25) is 4.79 Å². The Hall–Kier alpha value is -2.82. The third-order valence-corrected chi connectivity index (χ3v) is 6.75. The summed E-state index contributed by atoms with van der Waals surface area (Å²) in [7, 11) is 0. The largest absolute Gasteiger partial charge is 0.347 e. The average molecular weight is 494 g/mol. The van der Waals surface area contributed by atoms with E-state index in [0.29, 0.717) is 6.54 Å². The quantitative estimate of drug-likeness (QED) is 0.584. The van der Waals surface area contributed by atoms with Gasteiger partial charge in [-0.05, 0) is 45.4 Å². The van der Waals surface area contributed by atoms with E-state index in [2.05, 4.69) is 22.0 Å². The normalized spacial score (nSPS) is 30.2. The summed E-state index contributed by atoms with van der Waals surface area (Å²) >= 11 is 0. The first-order chi connectivity index (χ1) is 17.2. The number of amides is 1. The summed E-state index contributed by atoms with van der Waals surface area (Å²) in [5.41, 5.74) is 3.04. The predicted molar refractivity (Wildman–Crippen MR) is 130 cm³/mol. The molecule has 3 aromatic rings. The Morgan fingerprint density at radius 2 is 1.56 bits per heavy atom. The minimum atomic E-state index is -0.914. The van der Waals surface area contributed by atoms with E-state index < -0.39 is 42.3 Å². The Morgan fingerprint density at radius 1 is 0.889 bits per heavy atom. The van der Waals surface area contributed by atoms with E-state index in [1.807, 2.05) is 70.2 Å². The number of carbonyl (C=O) groups excluding carboxylic acids is 1. The van der Waals surface area contributed by atoms with Gasteiger partial charge >= 0.3 is 0 Å². The number of fused-ring (bicyclic) bond motifs is 4. The van der Waals surface area contributed by atoms with Crippen LogP contribution in [0.15, 0.2) is 54.6 Å². The number of ether oxygens (including phenoxy) is 5. The highest BCUT2D eigenvalue weighted by molar-refractivity contribution is 5.82. The number of hydrogen-bond acceptors (Lipinski definition) is 7. The molecule has 0 bridgehead atoms. The SMILES string of the molecule is CC1(C)O[C@@H]2[C@H](O1)[C@H]1OC(C)(C)OC1O[C@@H]2C(=O)NCc1nc2ccccc2n1Cc1ccccc1. The van der Waals surface area contributed by atoms with Gasteiger partial charge in [0, 0.05) is 6.54 Å². The van der Waals surface area contributed by atoms with Crippen LogP contribution in [-0.2, 0) is 41.6 Å². The molecule has 9 nitrogen and oxygen atoms in total. The summed E-state index contributed by atoms with van der Waals surface area (Å²) in [6, 6.07) is 18.1. The molecule has 3 aliphatic rings. The second-order valence-corrected chi connectivity index (χ2v) is 10.4. The summed E-state index contributed by atoms with van der Waals surface area (Å²) in [5, 5.41) is 3.02. The maximum Gasteiger partial charge on any atom is 0.252 e. The van der Waals surface area contributed by atoms with Gasteiger partial charge in [-0.2, -0.15) is 0 Å². The van der Waals surface area contributed by atoms with E-state index in [1.165, 1.54) is 0 Å². The molecular formula is C27H31N3O6. The molecule has 0 aliphatic carbocycles. The molecule has 1 amide bonds. The smallest absolute Gasteiger partial charge is 0.252 e. The highest BCUT2D eigenvalue weighted by Gasteiger charge is 2.62. The lowest BCUT2D eigenvalue weighted by Gasteiger charge is -2.36. The zero-order valence-corrected chi connectivity index (χ0v) is 20.8. The monoisotopic (exact) mass is 493 g/mol. The lowest BCUT2D eigenvalue weighted by molar-refractivity contribution is -0.231. The molecule has 5 atom stereocenters. The summed E-state index contributed by atoms with van der Waals surface area (Å²) in [4.78, 5) is 18.2. The van der Waals surface area contributed by atoms with Crippen molar-refractivity contribution < 1.29 is 28.5 Å². The van der Waals surface area contributed by atoms with Crippen molar-refractivity contribution in [1.29, 1.82) is 0 Å². The molecule has 1 N–H and O–H groups in total. The maximum absolute atomic E-state index is 13.5. The number of para-hydroxylation sites is 2. The first kappa shape index (κ1) is 23.6. The van der Waals surface area contributed by atoms with Crippen molar-refractivity contribution in [3.05, 3.63) is 66.0 Å². The topological polar surface area (TPSA) is 93.1 Å². The van der Waals surface area contributed by atoms with Gasteiger partial charge in [0.05, 0.1) is 17.6 Å². The first-order valence-corrected chi connectivity index (χ1v) is 12.3. The van der Waals surface area contributed by atoms with Gasteiger partial charge in [0.1, 0.15) is 24.1 Å². The van der Waals surface area contributed by atoms with Crippen LogP contribution in [0, 0.1) is 0 Å². The van der Waals surface area contributed by atoms with Crippen molar-refractivity contribution in [3.8, 4) is 0 Å². The van der Waals surface area contributed by atoms with Crippen LogP contribution in [0.2, 0.25) is 0 Å². The third-order valence-electron chi connectivity index (χ3n) is 6.75. The van der Waals surface area contributed by atoms with Gasteiger partial charge in [-0.1, -0.05) is 42.5 Å². The van der Waals surface area contributed by atoms with Gasteiger partial charge in [0.25, 0.3) is 5.91 Å². The van der Waals surface area contributed by atoms with Crippen molar-refractivity contribution in [2.45, 2.75) is 83.1 Å². The van der Waals surface area contributed by atoms with E-state index in [4.69, 9.17) is 28.7 Å². The fourth-order valence-corrected chi connectivity index (χ4v) is 5.29. The van der Waals surface area contributed by atoms with E-state index in [9.17, 15) is 4.79 Å². The number of rotatable bonds is 5. The van der Waals surface area contributed by atoms with Crippen molar-refractivity contribution >= 4 is 16.9 Å². The summed E-state index contributed by atoms with van der Waals surface area (Å²) < 4.78 is 32.4. The van der Waals surface area contributed by atoms with Crippen molar-refractivity contribution in [2.75, 3.05) is 0 Å². The second-order valence-electron chi connectivity index (χ2n) is 10.4. The fourth-order valence-electron chi connectivity index (χ4n) is 5.29. The zero-order chi connectivity index (χ0) is 25.1. The number of aromatic nitrogens is 2. The molecule has 1 unspecified atom stereocenters. The molecule has 3 aliphatic heterocycles. The second kappa shape index (κ2) is 8.64. The van der Waals surface area contributed by atoms with Gasteiger partial charge in [0.15, 0.2) is 24.0 Å². The minimum Gasteiger partial charge on any atom is -0.347 e. The molecule has 190 valence electrons. The van der Waals surface area contributed by atoms with E-state index in [-0.39, 0.29) is 12.5 Å². The van der Waals surface area contributed by atoms with Gasteiger partial charge < -0.3 is 33.6 Å². The molecule has 2 aromatic carbocycles. The Kier molecular flexibility index (Phi) is 5.66. The highest BCUT2D eigenvalue weighted by Crippen LogP contribution is 2.44. The number of imidazole rings is 1. The highest BCUT2D eigenvalue weighted by atomic mass is 16.9. The molecule has 4 heterocycles. The van der Waals surface area contributed by atoms with Crippen LogP contribution in [0.1, 0.15) is 39.1 Å². The lowest BCUT2D eigenvalue weighted by Crippen LogP contribution is -2.59. The maximum atomic E-state index is 13.5. The zero-order valence-electron chi connectivity index (χ0n) is 20.8. The Morgan fingerprint density at radius 3 is 2.36 bits per heavy atom. The van der Waals surface area contributed by atoms with Gasteiger partial charge in [0.2, 0.25) is 0 Å². The van der Waals surface area contributed by atoms with Crippen LogP contribution in [0.5, 0.6) is 0 Å². The van der Waals surface area contributed by atoms with E-state index >= 15 is 0 Å². The van der Waals surface area contributed by atoms with Crippen LogP contribution < -0.4 is 5.32 Å². The molecule has 3 fully saturated rings. The van der Waals surface area contributed by atoms with Crippen LogP contribution in [0.4, 0.5) is 0 Å². The van der Waals surface area contributed by atoms with Crippen molar-refractivity contribution in [1.82, 2.24) is 14.9 Å².